The second kappa shape index (κ2) is 6.39. The number of aromatic nitrogens is 4. The van der Waals surface area contributed by atoms with Gasteiger partial charge in [0, 0.05) is 12.4 Å². The number of hydrogen-bond donors (Lipinski definition) is 0. The molecule has 0 unspecified atom stereocenters. The third kappa shape index (κ3) is 3.39. The summed E-state index contributed by atoms with van der Waals surface area (Å²) in [5, 5.41) is 0. The molecule has 0 radical (unpaired) electrons. The molecule has 0 aliphatic rings. The maximum Gasteiger partial charge on any atom is 0.341 e. The molecule has 6 heteroatoms. The van der Waals surface area contributed by atoms with E-state index in [1.165, 1.54) is 6.20 Å². The topological polar surface area (TPSA) is 77.9 Å². The summed E-state index contributed by atoms with van der Waals surface area (Å²) in [4.78, 5) is 29.0. The first-order valence-electron chi connectivity index (χ1n) is 6.87. The Morgan fingerprint density at radius 2 is 2.05 bits per heavy atom. The van der Waals surface area contributed by atoms with Gasteiger partial charge in [-0.25, -0.2) is 24.7 Å². The number of esters is 1. The van der Waals surface area contributed by atoms with Gasteiger partial charge < -0.3 is 4.74 Å². The van der Waals surface area contributed by atoms with Crippen molar-refractivity contribution in [3.05, 3.63) is 35.5 Å². The molecular weight excluding hydrogens is 268 g/mol. The number of hydrogen-bond acceptors (Lipinski definition) is 6. The van der Waals surface area contributed by atoms with Gasteiger partial charge in [-0.15, -0.1) is 0 Å². The lowest BCUT2D eigenvalue weighted by Crippen LogP contribution is -2.12. The predicted octanol–water partition coefficient (Wildman–Crippen LogP) is 2.54. The Morgan fingerprint density at radius 1 is 1.29 bits per heavy atom. The quantitative estimate of drug-likeness (QED) is 0.804. The molecule has 0 fully saturated rings. The third-order valence-electron chi connectivity index (χ3n) is 2.87. The van der Waals surface area contributed by atoms with Gasteiger partial charge in [0.2, 0.25) is 0 Å². The summed E-state index contributed by atoms with van der Waals surface area (Å²) in [6.45, 7) is 7.84. The third-order valence-corrected chi connectivity index (χ3v) is 2.87. The Labute approximate surface area is 123 Å². The number of rotatable bonds is 4. The van der Waals surface area contributed by atoms with E-state index in [9.17, 15) is 4.79 Å². The summed E-state index contributed by atoms with van der Waals surface area (Å²) in [5.74, 6) is 0.814. The second-order valence-electron chi connectivity index (χ2n) is 4.86. The summed E-state index contributed by atoms with van der Waals surface area (Å²) < 4.78 is 5.04. The van der Waals surface area contributed by atoms with Crippen molar-refractivity contribution >= 4 is 5.97 Å². The van der Waals surface area contributed by atoms with Crippen molar-refractivity contribution in [3.63, 3.8) is 0 Å². The van der Waals surface area contributed by atoms with Crippen LogP contribution in [0.5, 0.6) is 0 Å². The van der Waals surface area contributed by atoms with Crippen molar-refractivity contribution in [1.82, 2.24) is 19.9 Å². The average Bonchev–Trinajstić information content (AvgIpc) is 2.46. The van der Waals surface area contributed by atoms with E-state index in [4.69, 9.17) is 4.74 Å². The first kappa shape index (κ1) is 15.0. The molecule has 0 aliphatic carbocycles. The van der Waals surface area contributed by atoms with E-state index in [1.54, 1.807) is 26.1 Å². The number of carbonyl (C=O) groups is 1. The average molecular weight is 286 g/mol. The second-order valence-corrected chi connectivity index (χ2v) is 4.86. The molecule has 2 rings (SSSR count). The molecule has 0 saturated heterocycles. The number of nitrogens with zero attached hydrogens (tertiary/aromatic N) is 4. The molecule has 0 atom stereocenters. The molecule has 0 aliphatic heterocycles. The molecule has 0 amide bonds. The number of aryl methyl sites for hydroxylation is 1. The number of ether oxygens (including phenoxy) is 1. The van der Waals surface area contributed by atoms with Gasteiger partial charge in [0.1, 0.15) is 11.5 Å². The highest BCUT2D eigenvalue weighted by Gasteiger charge is 2.19. The Morgan fingerprint density at radius 3 is 2.67 bits per heavy atom. The van der Waals surface area contributed by atoms with Crippen LogP contribution in [0, 0.1) is 6.92 Å². The maximum absolute atomic E-state index is 11.9. The minimum Gasteiger partial charge on any atom is -0.462 e. The van der Waals surface area contributed by atoms with E-state index < -0.39 is 5.97 Å². The summed E-state index contributed by atoms with van der Waals surface area (Å²) >= 11 is 0. The molecule has 2 aromatic heterocycles. The van der Waals surface area contributed by atoms with Gasteiger partial charge in [0.05, 0.1) is 17.9 Å². The van der Waals surface area contributed by atoms with E-state index in [2.05, 4.69) is 19.9 Å². The van der Waals surface area contributed by atoms with Crippen molar-refractivity contribution in [2.24, 2.45) is 0 Å². The van der Waals surface area contributed by atoms with Crippen LogP contribution in [0.3, 0.4) is 0 Å². The van der Waals surface area contributed by atoms with E-state index >= 15 is 0 Å². The lowest BCUT2D eigenvalue weighted by molar-refractivity contribution is 0.0523. The molecular formula is C15H18N4O2. The Hall–Kier alpha value is -2.37. The highest BCUT2D eigenvalue weighted by atomic mass is 16.5. The fourth-order valence-electron chi connectivity index (χ4n) is 1.91. The highest BCUT2D eigenvalue weighted by molar-refractivity contribution is 5.90. The van der Waals surface area contributed by atoms with Gasteiger partial charge in [0.25, 0.3) is 0 Å². The molecule has 2 heterocycles. The molecule has 0 bridgehead atoms. The van der Waals surface area contributed by atoms with Gasteiger partial charge in [-0.05, 0) is 25.8 Å². The van der Waals surface area contributed by atoms with Crippen molar-refractivity contribution < 1.29 is 9.53 Å². The van der Waals surface area contributed by atoms with Crippen LogP contribution in [0.2, 0.25) is 0 Å². The van der Waals surface area contributed by atoms with Crippen molar-refractivity contribution in [2.75, 3.05) is 6.61 Å². The Bertz CT molecular complexity index is 656. The van der Waals surface area contributed by atoms with Crippen LogP contribution in [0.4, 0.5) is 0 Å². The van der Waals surface area contributed by atoms with Gasteiger partial charge in [0.15, 0.2) is 5.82 Å². The van der Waals surface area contributed by atoms with Crippen LogP contribution in [0.15, 0.2) is 18.5 Å². The van der Waals surface area contributed by atoms with Crippen molar-refractivity contribution in [3.8, 4) is 11.5 Å². The fraction of sp³-hybridized carbons (Fsp3) is 0.400. The molecule has 0 saturated carbocycles. The monoisotopic (exact) mass is 286 g/mol. The lowest BCUT2D eigenvalue weighted by atomic mass is 10.1. The van der Waals surface area contributed by atoms with E-state index in [0.717, 1.165) is 0 Å². The molecule has 0 N–H and O–H groups in total. The van der Waals surface area contributed by atoms with Crippen LogP contribution in [-0.4, -0.2) is 32.5 Å². The predicted molar refractivity (Wildman–Crippen MR) is 77.8 cm³/mol. The minimum atomic E-state index is -0.397. The number of carbonyl (C=O) groups excluding carboxylic acids is 1. The summed E-state index contributed by atoms with van der Waals surface area (Å²) in [7, 11) is 0. The van der Waals surface area contributed by atoms with Gasteiger partial charge in [-0.2, -0.15) is 0 Å². The summed E-state index contributed by atoms with van der Waals surface area (Å²) in [5.41, 5.74) is 1.70. The zero-order valence-corrected chi connectivity index (χ0v) is 12.6. The lowest BCUT2D eigenvalue weighted by Gasteiger charge is -2.11. The first-order chi connectivity index (χ1) is 10.0. The van der Waals surface area contributed by atoms with Crippen LogP contribution in [-0.2, 0) is 4.74 Å². The standard InChI is InChI=1S/C15H18N4O2/c1-5-21-15(20)11-8-17-14(19-13(11)9(2)3)12-6-7-16-10(4)18-12/h6-9H,5H2,1-4H3. The minimum absolute atomic E-state index is 0.0779. The van der Waals surface area contributed by atoms with Gasteiger partial charge >= 0.3 is 5.97 Å². The normalized spacial score (nSPS) is 10.7. The van der Waals surface area contributed by atoms with Crippen molar-refractivity contribution in [2.45, 2.75) is 33.6 Å². The molecule has 6 nitrogen and oxygen atoms in total. The maximum atomic E-state index is 11.9. The summed E-state index contributed by atoms with van der Waals surface area (Å²) in [6.07, 6.45) is 3.17. The SMILES string of the molecule is CCOC(=O)c1cnc(-c2ccnc(C)n2)nc1C(C)C. The molecule has 110 valence electrons. The van der Waals surface area contributed by atoms with Gasteiger partial charge in [-0.3, -0.25) is 0 Å². The molecule has 21 heavy (non-hydrogen) atoms. The van der Waals surface area contributed by atoms with Crippen LogP contribution >= 0.6 is 0 Å². The zero-order chi connectivity index (χ0) is 15.4. The van der Waals surface area contributed by atoms with E-state index in [0.29, 0.717) is 35.2 Å². The largest absolute Gasteiger partial charge is 0.462 e. The molecule has 0 aromatic carbocycles. The van der Waals surface area contributed by atoms with Crippen LogP contribution < -0.4 is 0 Å². The molecule has 2 aromatic rings. The van der Waals surface area contributed by atoms with Crippen molar-refractivity contribution in [1.29, 1.82) is 0 Å². The van der Waals surface area contributed by atoms with Gasteiger partial charge in [-0.1, -0.05) is 13.8 Å². The van der Waals surface area contributed by atoms with Crippen LogP contribution in [0.25, 0.3) is 11.5 Å². The first-order valence-corrected chi connectivity index (χ1v) is 6.87. The fourth-order valence-corrected chi connectivity index (χ4v) is 1.91. The van der Waals surface area contributed by atoms with Crippen LogP contribution in [0.1, 0.15) is 48.6 Å². The smallest absolute Gasteiger partial charge is 0.341 e. The molecule has 0 spiro atoms. The van der Waals surface area contributed by atoms with E-state index in [-0.39, 0.29) is 5.92 Å². The van der Waals surface area contributed by atoms with E-state index in [1.807, 2.05) is 13.8 Å². The summed E-state index contributed by atoms with van der Waals surface area (Å²) in [6, 6.07) is 1.75. The Balaban J connectivity index is 2.48. The highest BCUT2D eigenvalue weighted by Crippen LogP contribution is 2.21. The zero-order valence-electron chi connectivity index (χ0n) is 12.6. The Kier molecular flexibility index (Phi) is 4.57.